The van der Waals surface area contributed by atoms with Crippen LogP contribution in [0.3, 0.4) is 0 Å². The van der Waals surface area contributed by atoms with E-state index in [0.717, 1.165) is 4.88 Å². The summed E-state index contributed by atoms with van der Waals surface area (Å²) in [6.07, 6.45) is 2.98. The van der Waals surface area contributed by atoms with Crippen LogP contribution in [0.5, 0.6) is 0 Å². The van der Waals surface area contributed by atoms with Gasteiger partial charge in [0.25, 0.3) is 0 Å². The minimum absolute atomic E-state index is 0.407. The smallest absolute Gasteiger partial charge is 0.326 e. The Balaban J connectivity index is 2.28. The number of nitrogens with one attached hydrogen (secondary N) is 2. The van der Waals surface area contributed by atoms with Gasteiger partial charge in [0.15, 0.2) is 0 Å². The number of hydrogen-bond acceptors (Lipinski definition) is 4. The van der Waals surface area contributed by atoms with Gasteiger partial charge in [-0.1, -0.05) is 11.6 Å². The first-order valence-electron chi connectivity index (χ1n) is 6.03. The van der Waals surface area contributed by atoms with Crippen molar-refractivity contribution in [2.45, 2.75) is 18.9 Å². The molecule has 1 rings (SSSR count). The Kier molecular flexibility index (Phi) is 7.79. The van der Waals surface area contributed by atoms with Crippen LogP contribution in [-0.2, 0) is 11.2 Å². The van der Waals surface area contributed by atoms with E-state index in [9.17, 15) is 9.59 Å². The third-order valence-corrected chi connectivity index (χ3v) is 4.43. The van der Waals surface area contributed by atoms with E-state index in [1.54, 1.807) is 11.8 Å². The third kappa shape index (κ3) is 6.49. The molecule has 0 bridgehead atoms. The van der Waals surface area contributed by atoms with E-state index in [4.69, 9.17) is 16.7 Å². The normalized spacial score (nSPS) is 11.9. The number of carboxylic acid groups (broad SMARTS) is 1. The van der Waals surface area contributed by atoms with Gasteiger partial charge in [0, 0.05) is 11.4 Å². The Bertz CT molecular complexity index is 454. The molecule has 0 aliphatic rings. The van der Waals surface area contributed by atoms with Gasteiger partial charge in [-0.3, -0.25) is 0 Å². The Labute approximate surface area is 131 Å². The van der Waals surface area contributed by atoms with Crippen molar-refractivity contribution in [2.24, 2.45) is 0 Å². The molecule has 20 heavy (non-hydrogen) atoms. The van der Waals surface area contributed by atoms with Crippen LogP contribution in [0.1, 0.15) is 11.3 Å². The summed E-state index contributed by atoms with van der Waals surface area (Å²) in [7, 11) is 0. The maximum Gasteiger partial charge on any atom is 0.326 e. The van der Waals surface area contributed by atoms with Crippen molar-refractivity contribution >= 4 is 46.7 Å². The monoisotopic (exact) mass is 336 g/mol. The largest absolute Gasteiger partial charge is 0.480 e. The van der Waals surface area contributed by atoms with Crippen molar-refractivity contribution in [3.8, 4) is 0 Å². The molecule has 8 heteroatoms. The van der Waals surface area contributed by atoms with E-state index in [1.165, 1.54) is 11.3 Å². The number of thiophene rings is 1. The van der Waals surface area contributed by atoms with Crippen LogP contribution in [-0.4, -0.2) is 41.7 Å². The molecular formula is C12H17ClN2O3S2. The van der Waals surface area contributed by atoms with E-state index in [0.29, 0.717) is 29.5 Å². The summed E-state index contributed by atoms with van der Waals surface area (Å²) < 4.78 is 0.715. The number of aliphatic carboxylic acids is 1. The van der Waals surface area contributed by atoms with Gasteiger partial charge in [0.2, 0.25) is 0 Å². The predicted molar refractivity (Wildman–Crippen MR) is 84.0 cm³/mol. The van der Waals surface area contributed by atoms with Gasteiger partial charge in [0.05, 0.1) is 4.34 Å². The fourth-order valence-corrected chi connectivity index (χ4v) is 3.05. The van der Waals surface area contributed by atoms with Crippen molar-refractivity contribution in [3.05, 3.63) is 21.3 Å². The fraction of sp³-hybridized carbons (Fsp3) is 0.500. The first kappa shape index (κ1) is 17.1. The lowest BCUT2D eigenvalue weighted by Crippen LogP contribution is -2.46. The first-order valence-corrected chi connectivity index (χ1v) is 8.62. The van der Waals surface area contributed by atoms with Crippen LogP contribution in [0.4, 0.5) is 4.79 Å². The zero-order valence-electron chi connectivity index (χ0n) is 11.0. The van der Waals surface area contributed by atoms with Gasteiger partial charge >= 0.3 is 12.0 Å². The number of thioether (sulfide) groups is 1. The number of rotatable bonds is 8. The first-order chi connectivity index (χ1) is 9.52. The van der Waals surface area contributed by atoms with Gasteiger partial charge in [-0.25, -0.2) is 9.59 Å². The highest BCUT2D eigenvalue weighted by Crippen LogP contribution is 2.21. The summed E-state index contributed by atoms with van der Waals surface area (Å²) in [5, 5.41) is 14.1. The average Bonchev–Trinajstić information content (AvgIpc) is 2.80. The molecule has 1 atom stereocenters. The quantitative estimate of drug-likeness (QED) is 0.681. The summed E-state index contributed by atoms with van der Waals surface area (Å²) in [5.41, 5.74) is 0. The highest BCUT2D eigenvalue weighted by atomic mass is 35.5. The summed E-state index contributed by atoms with van der Waals surface area (Å²) in [4.78, 5) is 23.7. The Morgan fingerprint density at radius 2 is 2.25 bits per heavy atom. The maximum atomic E-state index is 11.6. The number of carbonyl (C=O) groups is 2. The minimum atomic E-state index is -1.01. The van der Waals surface area contributed by atoms with E-state index in [1.807, 2.05) is 18.4 Å². The summed E-state index contributed by atoms with van der Waals surface area (Å²) >= 11 is 8.82. The second-order valence-corrected chi connectivity index (χ2v) is 6.81. The molecule has 1 unspecified atom stereocenters. The topological polar surface area (TPSA) is 78.4 Å². The molecule has 1 aromatic heterocycles. The standard InChI is InChI=1S/C12H17ClN2O3S2/c1-19-7-5-9(11(16)17)15-12(18)14-6-4-8-2-3-10(13)20-8/h2-3,9H,4-7H2,1H3,(H,16,17)(H2,14,15,18). The highest BCUT2D eigenvalue weighted by molar-refractivity contribution is 7.98. The van der Waals surface area contributed by atoms with Crippen molar-refractivity contribution < 1.29 is 14.7 Å². The molecule has 5 nitrogen and oxygen atoms in total. The second-order valence-electron chi connectivity index (χ2n) is 4.03. The zero-order valence-corrected chi connectivity index (χ0v) is 13.4. The number of urea groups is 1. The van der Waals surface area contributed by atoms with Crippen molar-refractivity contribution in [1.29, 1.82) is 0 Å². The summed E-state index contributed by atoms with van der Waals surface area (Å²) in [6, 6.07) is 2.41. The number of amides is 2. The molecule has 0 aromatic carbocycles. The van der Waals surface area contributed by atoms with Crippen molar-refractivity contribution in [3.63, 3.8) is 0 Å². The second kappa shape index (κ2) is 9.10. The molecule has 1 aromatic rings. The van der Waals surface area contributed by atoms with Gasteiger partial charge < -0.3 is 15.7 Å². The average molecular weight is 337 g/mol. The Hall–Kier alpha value is -0.920. The molecule has 2 amide bonds. The number of carboxylic acids is 1. The lowest BCUT2D eigenvalue weighted by molar-refractivity contribution is -0.139. The van der Waals surface area contributed by atoms with Gasteiger partial charge in [-0.05, 0) is 37.0 Å². The van der Waals surface area contributed by atoms with Crippen LogP contribution in [0.15, 0.2) is 12.1 Å². The fourth-order valence-electron chi connectivity index (χ4n) is 1.49. The molecule has 1 heterocycles. The number of halogens is 1. The lowest BCUT2D eigenvalue weighted by Gasteiger charge is -2.14. The van der Waals surface area contributed by atoms with Crippen LogP contribution in [0, 0.1) is 0 Å². The molecule has 0 radical (unpaired) electrons. The molecule has 0 aliphatic heterocycles. The molecule has 3 N–H and O–H groups in total. The minimum Gasteiger partial charge on any atom is -0.480 e. The van der Waals surface area contributed by atoms with E-state index < -0.39 is 18.0 Å². The molecule has 0 saturated heterocycles. The summed E-state index contributed by atoms with van der Waals surface area (Å²) in [5.74, 6) is -0.329. The van der Waals surface area contributed by atoms with E-state index >= 15 is 0 Å². The van der Waals surface area contributed by atoms with Crippen LogP contribution >= 0.6 is 34.7 Å². The van der Waals surface area contributed by atoms with Gasteiger partial charge in [0.1, 0.15) is 6.04 Å². The Morgan fingerprint density at radius 1 is 1.50 bits per heavy atom. The number of carbonyl (C=O) groups excluding carboxylic acids is 1. The molecule has 0 aliphatic carbocycles. The Morgan fingerprint density at radius 3 is 2.80 bits per heavy atom. The van der Waals surface area contributed by atoms with E-state index in [2.05, 4.69) is 10.6 Å². The SMILES string of the molecule is CSCCC(NC(=O)NCCc1ccc(Cl)s1)C(=O)O. The van der Waals surface area contributed by atoms with Gasteiger partial charge in [-0.2, -0.15) is 11.8 Å². The molecular weight excluding hydrogens is 320 g/mol. The lowest BCUT2D eigenvalue weighted by atomic mass is 10.2. The molecule has 0 spiro atoms. The van der Waals surface area contributed by atoms with E-state index in [-0.39, 0.29) is 0 Å². The molecule has 0 fully saturated rings. The predicted octanol–water partition coefficient (Wildman–Crippen LogP) is 2.45. The molecule has 0 saturated carbocycles. The van der Waals surface area contributed by atoms with Crippen LogP contribution in [0.2, 0.25) is 4.34 Å². The van der Waals surface area contributed by atoms with Crippen LogP contribution in [0.25, 0.3) is 0 Å². The van der Waals surface area contributed by atoms with Crippen LogP contribution < -0.4 is 10.6 Å². The van der Waals surface area contributed by atoms with Gasteiger partial charge in [-0.15, -0.1) is 11.3 Å². The zero-order chi connectivity index (χ0) is 15.0. The molecule has 112 valence electrons. The third-order valence-electron chi connectivity index (χ3n) is 2.50. The van der Waals surface area contributed by atoms with Crippen molar-refractivity contribution in [1.82, 2.24) is 10.6 Å². The van der Waals surface area contributed by atoms with Crippen molar-refractivity contribution in [2.75, 3.05) is 18.6 Å². The maximum absolute atomic E-state index is 11.6. The summed E-state index contributed by atoms with van der Waals surface area (Å²) in [6.45, 7) is 0.442. The number of hydrogen-bond donors (Lipinski definition) is 3. The highest BCUT2D eigenvalue weighted by Gasteiger charge is 2.18.